The molecule has 0 aromatic heterocycles. The first kappa shape index (κ1) is 51.2. The third-order valence-electron chi connectivity index (χ3n) is 14.6. The van der Waals surface area contributed by atoms with Crippen LogP contribution in [0.4, 0.5) is 4.79 Å². The predicted octanol–water partition coefficient (Wildman–Crippen LogP) is 2.91. The number of hydrogen-bond acceptors (Lipinski definition) is 17. The minimum Gasteiger partial charge on any atom is -0.481 e. The Hall–Kier alpha value is -5.18. The lowest BCUT2D eigenvalue weighted by Gasteiger charge is -2.73. The van der Waals surface area contributed by atoms with E-state index in [1.54, 1.807) is 52.0 Å². The molecule has 1 heterocycles. The van der Waals surface area contributed by atoms with Crippen molar-refractivity contribution >= 4 is 35.9 Å². The minimum absolute atomic E-state index is 0.0442. The molecule has 2 unspecified atom stereocenters. The summed E-state index contributed by atoms with van der Waals surface area (Å²) in [6, 6.07) is 13.9. The molecule has 7 N–H and O–H groups in total. The molecule has 0 radical (unpaired) electrons. The largest absolute Gasteiger partial charge is 0.481 e. The number of benzene rings is 2. The van der Waals surface area contributed by atoms with Crippen molar-refractivity contribution in [2.75, 3.05) is 6.61 Å². The van der Waals surface area contributed by atoms with Gasteiger partial charge in [-0.25, -0.2) is 14.4 Å². The lowest BCUT2D eigenvalue weighted by molar-refractivity contribution is -0.432. The van der Waals surface area contributed by atoms with Crippen molar-refractivity contribution in [2.24, 2.45) is 22.7 Å². The van der Waals surface area contributed by atoms with E-state index >= 15 is 0 Å². The topological polar surface area (TPSA) is 291 Å². The molecule has 4 aliphatic rings. The Morgan fingerprint density at radius 1 is 0.896 bits per heavy atom. The number of rotatable bonds is 13. The monoisotopic (exact) mass is 941 g/mol. The normalized spacial score (nSPS) is 34.9. The van der Waals surface area contributed by atoms with Gasteiger partial charge in [0.2, 0.25) is 6.10 Å². The highest BCUT2D eigenvalue weighted by molar-refractivity contribution is 5.89. The van der Waals surface area contributed by atoms with Gasteiger partial charge in [0.25, 0.3) is 0 Å². The van der Waals surface area contributed by atoms with E-state index in [0.717, 1.165) is 6.92 Å². The number of carbonyl (C=O) groups excluding carboxylic acids is 5. The summed E-state index contributed by atoms with van der Waals surface area (Å²) in [5, 5.41) is 76.4. The van der Waals surface area contributed by atoms with Crippen molar-refractivity contribution < 1.29 is 87.8 Å². The number of carboxylic acid groups (broad SMARTS) is 1. The first-order valence-electron chi connectivity index (χ1n) is 22.4. The van der Waals surface area contributed by atoms with E-state index in [1.165, 1.54) is 57.2 Å². The summed E-state index contributed by atoms with van der Waals surface area (Å²) in [4.78, 5) is 80.4. The smallest absolute Gasteiger partial charge is 0.408 e. The molecule has 2 bridgehead atoms. The second-order valence-corrected chi connectivity index (χ2v) is 20.1. The van der Waals surface area contributed by atoms with Gasteiger partial charge in [-0.1, -0.05) is 76.2 Å². The average molecular weight is 942 g/mol. The molecule has 3 aliphatic carbocycles. The number of aliphatic carboxylic acids is 1. The fourth-order valence-electron chi connectivity index (χ4n) is 11.1. The molecule has 19 heteroatoms. The van der Waals surface area contributed by atoms with Gasteiger partial charge >= 0.3 is 35.9 Å². The maximum Gasteiger partial charge on any atom is 0.408 e. The Morgan fingerprint density at radius 2 is 1.51 bits per heavy atom. The van der Waals surface area contributed by atoms with Gasteiger partial charge in [0.05, 0.1) is 35.9 Å². The lowest BCUT2D eigenvalue weighted by atomic mass is 9.40. The van der Waals surface area contributed by atoms with Crippen LogP contribution in [-0.4, -0.2) is 138 Å². The number of hydrogen-bond donors (Lipinski definition) is 7. The zero-order valence-corrected chi connectivity index (χ0v) is 38.9. The first-order chi connectivity index (χ1) is 31.2. The predicted molar refractivity (Wildman–Crippen MR) is 231 cm³/mol. The highest BCUT2D eigenvalue weighted by Gasteiger charge is 2.86. The van der Waals surface area contributed by atoms with Crippen molar-refractivity contribution in [2.45, 2.75) is 159 Å². The van der Waals surface area contributed by atoms with Crippen LogP contribution in [-0.2, 0) is 47.6 Å². The second kappa shape index (κ2) is 18.7. The van der Waals surface area contributed by atoms with Crippen LogP contribution in [0.3, 0.4) is 0 Å². The molecule has 3 saturated carbocycles. The lowest BCUT2D eigenvalue weighted by Crippen LogP contribution is -2.92. The summed E-state index contributed by atoms with van der Waals surface area (Å²) >= 11 is 0. The van der Waals surface area contributed by atoms with Crippen LogP contribution in [0, 0.1) is 22.7 Å². The summed E-state index contributed by atoms with van der Waals surface area (Å²) in [6.07, 6.45) is -16.1. The maximum absolute atomic E-state index is 14.9. The van der Waals surface area contributed by atoms with Crippen molar-refractivity contribution in [1.29, 1.82) is 0 Å². The molecule has 1 aliphatic heterocycles. The zero-order chi connectivity index (χ0) is 49.7. The highest BCUT2D eigenvalue weighted by Crippen LogP contribution is 2.67. The van der Waals surface area contributed by atoms with Crippen LogP contribution in [0.2, 0.25) is 0 Å². The van der Waals surface area contributed by atoms with Gasteiger partial charge in [-0.15, -0.1) is 0 Å². The number of esters is 4. The summed E-state index contributed by atoms with van der Waals surface area (Å²) in [7, 11) is 0. The molecule has 2 aromatic carbocycles. The number of carbonyl (C=O) groups is 6. The summed E-state index contributed by atoms with van der Waals surface area (Å²) in [6.45, 7) is 11.1. The van der Waals surface area contributed by atoms with Gasteiger partial charge in [-0.05, 0) is 50.8 Å². The Labute approximate surface area is 388 Å². The molecule has 1 saturated heterocycles. The van der Waals surface area contributed by atoms with Crippen LogP contribution in [0.5, 0.6) is 0 Å². The Balaban J connectivity index is 1.51. The van der Waals surface area contributed by atoms with Crippen LogP contribution in [0.25, 0.3) is 0 Å². The van der Waals surface area contributed by atoms with Gasteiger partial charge in [-0.2, -0.15) is 0 Å². The van der Waals surface area contributed by atoms with Crippen molar-refractivity contribution in [3.8, 4) is 0 Å². The molecule has 19 nitrogen and oxygen atoms in total. The number of fused-ring (bicyclic) bond motifs is 5. The second-order valence-electron chi connectivity index (χ2n) is 20.1. The number of ether oxygens (including phenoxy) is 6. The van der Waals surface area contributed by atoms with Crippen LogP contribution in [0.1, 0.15) is 109 Å². The molecular weight excluding hydrogens is 879 g/mol. The first-order valence-corrected chi connectivity index (χ1v) is 22.4. The molecule has 2 aromatic rings. The number of aliphatic hydroxyl groups is 5. The van der Waals surface area contributed by atoms with Crippen molar-refractivity contribution in [3.63, 3.8) is 0 Å². The van der Waals surface area contributed by atoms with Gasteiger partial charge in [0.15, 0.2) is 17.3 Å². The molecule has 14 atom stereocenters. The Kier molecular flexibility index (Phi) is 14.3. The van der Waals surface area contributed by atoms with E-state index in [9.17, 15) is 59.4 Å². The summed E-state index contributed by atoms with van der Waals surface area (Å²) < 4.78 is 35.5. The fraction of sp³-hybridized carbons (Fsp3) is 0.625. The highest BCUT2D eigenvalue weighted by atomic mass is 16.7. The van der Waals surface area contributed by atoms with Gasteiger partial charge in [0.1, 0.15) is 29.5 Å². The SMILES string of the molecule is CC(=O)O[C@@]12CO[C@@H]1C[C@H](O)[C@@]1(C)[C@H](O)[C@H](O)C3[C@H](C)C(OC(=O)[C@H](OC(=O)CCCC(=O)O)[C@@H](NC(=O)OC(C)(C)C)c4ccccc4)C[C@@](O)([C@@H](OC(=O)c4ccccc4)[C@@]12O)C3(C)C. The van der Waals surface area contributed by atoms with E-state index in [1.807, 2.05) is 0 Å². The molecule has 0 spiro atoms. The molecular formula is C48H63NO18. The molecule has 4 fully saturated rings. The minimum atomic E-state index is -2.99. The Morgan fingerprint density at radius 3 is 2.06 bits per heavy atom. The van der Waals surface area contributed by atoms with Gasteiger partial charge in [-0.3, -0.25) is 14.4 Å². The Bertz CT molecular complexity index is 2180. The van der Waals surface area contributed by atoms with E-state index in [2.05, 4.69) is 5.32 Å². The van der Waals surface area contributed by atoms with Crippen molar-refractivity contribution in [1.82, 2.24) is 5.32 Å². The molecule has 368 valence electrons. The fourth-order valence-corrected chi connectivity index (χ4v) is 11.1. The van der Waals surface area contributed by atoms with E-state index in [4.69, 9.17) is 28.4 Å². The van der Waals surface area contributed by atoms with Crippen molar-refractivity contribution in [3.05, 3.63) is 71.8 Å². The summed E-state index contributed by atoms with van der Waals surface area (Å²) in [5.74, 6) is -7.90. The van der Waals surface area contributed by atoms with Gasteiger partial charge < -0.3 is 64.4 Å². The van der Waals surface area contributed by atoms with E-state index in [-0.39, 0.29) is 24.0 Å². The quantitative estimate of drug-likeness (QED) is 0.112. The number of amides is 1. The molecule has 6 rings (SSSR count). The maximum atomic E-state index is 14.9. The third-order valence-corrected chi connectivity index (χ3v) is 14.6. The van der Waals surface area contributed by atoms with E-state index < -0.39 is 156 Å². The van der Waals surface area contributed by atoms with Crippen LogP contribution < -0.4 is 5.32 Å². The number of alkyl carbamates (subject to hydrolysis) is 1. The van der Waals surface area contributed by atoms with Crippen LogP contribution in [0.15, 0.2) is 60.7 Å². The number of nitrogens with one attached hydrogen (secondary N) is 1. The number of carboxylic acids is 1. The summed E-state index contributed by atoms with van der Waals surface area (Å²) in [5.41, 5.74) is -12.8. The van der Waals surface area contributed by atoms with Gasteiger partial charge in [0, 0.05) is 43.9 Å². The zero-order valence-electron chi connectivity index (χ0n) is 38.9. The molecule has 67 heavy (non-hydrogen) atoms. The van der Waals surface area contributed by atoms with E-state index in [0.29, 0.717) is 0 Å². The standard InChI is InChI=1S/C48H63NO18/c1-25-29(63-40(58)37(64-33(54)21-15-20-32(52)53)35(27-16-11-9-12-17-27)49-42(59)67-43(3,4)5)23-46(60)41(65-39(57)28-18-13-10-14-19-28)48(61)45(8,38(56)36(55)34(25)44(46,6)7)30(51)22-31-47(48,24-62-31)66-26(2)50/h9-14,16-19,25,29-31,34-38,41,51,55-56,60-61H,15,20-24H2,1-8H3,(H,49,59)(H,52,53)/t25-,29?,30+,31-,34?,35+,36-,37-,38-,41-,45+,46-,47+,48-/m1/s1. The molecule has 1 amide bonds. The average Bonchev–Trinajstić information content (AvgIpc) is 3.24. The number of aliphatic hydroxyl groups excluding tert-OH is 3. The third kappa shape index (κ3) is 9.01. The van der Waals surface area contributed by atoms with Crippen LogP contribution >= 0.6 is 0 Å².